The van der Waals surface area contributed by atoms with Crippen LogP contribution >= 0.6 is 0 Å². The lowest BCUT2D eigenvalue weighted by atomic mass is 9.74. The number of sulfonamides is 1. The van der Waals surface area contributed by atoms with Crippen LogP contribution in [0.3, 0.4) is 0 Å². The minimum absolute atomic E-state index is 0.0638. The van der Waals surface area contributed by atoms with Crippen molar-refractivity contribution in [1.29, 1.82) is 0 Å². The highest BCUT2D eigenvalue weighted by Gasteiger charge is 2.47. The molecular formula is C25H29N5O4S. The Hall–Kier alpha value is -3.53. The van der Waals surface area contributed by atoms with Crippen molar-refractivity contribution < 1.29 is 17.9 Å². The minimum atomic E-state index is -3.36. The maximum atomic E-state index is 13.0. The number of piperidine rings is 1. The number of methoxy groups -OCH3 is 1. The van der Waals surface area contributed by atoms with Gasteiger partial charge in [0.1, 0.15) is 12.1 Å². The van der Waals surface area contributed by atoms with Crippen LogP contribution in [0.5, 0.6) is 5.75 Å². The summed E-state index contributed by atoms with van der Waals surface area (Å²) >= 11 is 0. The molecule has 0 bridgehead atoms. The van der Waals surface area contributed by atoms with Crippen LogP contribution in [-0.2, 0) is 15.4 Å². The van der Waals surface area contributed by atoms with Crippen molar-refractivity contribution in [3.8, 4) is 11.4 Å². The second-order valence-corrected chi connectivity index (χ2v) is 11.2. The zero-order valence-electron chi connectivity index (χ0n) is 19.8. The average Bonchev–Trinajstić information content (AvgIpc) is 3.48. The predicted octanol–water partition coefficient (Wildman–Crippen LogP) is 3.62. The van der Waals surface area contributed by atoms with Crippen molar-refractivity contribution in [1.82, 2.24) is 14.5 Å². The Bertz CT molecular complexity index is 1350. The minimum Gasteiger partial charge on any atom is -0.497 e. The zero-order valence-corrected chi connectivity index (χ0v) is 20.7. The lowest BCUT2D eigenvalue weighted by Gasteiger charge is -2.39. The van der Waals surface area contributed by atoms with Crippen LogP contribution in [0, 0.1) is 0 Å². The lowest BCUT2D eigenvalue weighted by molar-refractivity contribution is 0.173. The molecule has 10 heteroatoms. The second-order valence-electron chi connectivity index (χ2n) is 8.99. The number of urea groups is 1. The summed E-state index contributed by atoms with van der Waals surface area (Å²) in [7, 11) is -1.74. The van der Waals surface area contributed by atoms with Gasteiger partial charge in [0.05, 0.1) is 30.4 Å². The van der Waals surface area contributed by atoms with Gasteiger partial charge in [0, 0.05) is 31.1 Å². The molecule has 2 aromatic carbocycles. The first-order valence-electron chi connectivity index (χ1n) is 11.7. The molecule has 2 amide bonds. The maximum absolute atomic E-state index is 13.0. The Kier molecular flexibility index (Phi) is 5.92. The van der Waals surface area contributed by atoms with Crippen molar-refractivity contribution in [3.63, 3.8) is 0 Å². The first-order valence-corrected chi connectivity index (χ1v) is 13.3. The Balaban J connectivity index is 1.27. The van der Waals surface area contributed by atoms with Gasteiger partial charge in [0.15, 0.2) is 5.82 Å². The molecule has 0 atom stereocenters. The van der Waals surface area contributed by atoms with Crippen LogP contribution in [-0.4, -0.2) is 61.4 Å². The van der Waals surface area contributed by atoms with E-state index in [4.69, 9.17) is 4.74 Å². The molecule has 184 valence electrons. The Labute approximate surface area is 205 Å². The number of carbonyl (C=O) groups excluding carboxylic acids is 1. The molecule has 0 unspecified atom stereocenters. The molecule has 1 aromatic heterocycles. The van der Waals surface area contributed by atoms with E-state index in [1.54, 1.807) is 35.8 Å². The number of likely N-dealkylation sites (tertiary alicyclic amines) is 1. The van der Waals surface area contributed by atoms with Gasteiger partial charge in [-0.25, -0.2) is 18.2 Å². The van der Waals surface area contributed by atoms with E-state index in [1.165, 1.54) is 0 Å². The van der Waals surface area contributed by atoms with E-state index >= 15 is 0 Å². The van der Waals surface area contributed by atoms with Crippen molar-refractivity contribution in [2.24, 2.45) is 0 Å². The van der Waals surface area contributed by atoms with E-state index in [1.807, 2.05) is 53.1 Å². The first kappa shape index (κ1) is 23.2. The number of anilines is 2. The van der Waals surface area contributed by atoms with Crippen LogP contribution in [0.4, 0.5) is 16.3 Å². The van der Waals surface area contributed by atoms with E-state index in [9.17, 15) is 13.2 Å². The summed E-state index contributed by atoms with van der Waals surface area (Å²) in [6.45, 7) is 3.18. The van der Waals surface area contributed by atoms with Gasteiger partial charge >= 0.3 is 6.03 Å². The van der Waals surface area contributed by atoms with E-state index < -0.39 is 10.0 Å². The molecule has 1 spiro atoms. The summed E-state index contributed by atoms with van der Waals surface area (Å²) in [5.41, 5.74) is 2.44. The van der Waals surface area contributed by atoms with Gasteiger partial charge in [0.25, 0.3) is 0 Å². The average molecular weight is 496 g/mol. The summed E-state index contributed by atoms with van der Waals surface area (Å²) < 4.78 is 34.1. The van der Waals surface area contributed by atoms with Gasteiger partial charge in [0.2, 0.25) is 10.0 Å². The number of para-hydroxylation sites is 1. The van der Waals surface area contributed by atoms with Crippen molar-refractivity contribution in [3.05, 3.63) is 66.6 Å². The van der Waals surface area contributed by atoms with Crippen molar-refractivity contribution in [2.45, 2.75) is 25.2 Å². The SMILES string of the molecule is CCS(=O)(=O)N1CC2(CCN(C(=O)Nc3cn(-c4cccc(OC)c4)cn3)CC2)c2ccccc21. The topological polar surface area (TPSA) is 96.8 Å². The number of imidazole rings is 1. The summed E-state index contributed by atoms with van der Waals surface area (Å²) in [6, 6.07) is 15.1. The van der Waals surface area contributed by atoms with Crippen LogP contribution in [0.25, 0.3) is 5.69 Å². The molecule has 1 N–H and O–H groups in total. The molecule has 5 rings (SSSR count). The molecule has 0 radical (unpaired) electrons. The Morgan fingerprint density at radius 2 is 1.91 bits per heavy atom. The molecular weight excluding hydrogens is 466 g/mol. The lowest BCUT2D eigenvalue weighted by Crippen LogP contribution is -2.49. The number of hydrogen-bond acceptors (Lipinski definition) is 5. The molecule has 2 aliphatic rings. The van der Waals surface area contributed by atoms with E-state index in [2.05, 4.69) is 10.3 Å². The quantitative estimate of drug-likeness (QED) is 0.583. The summed E-state index contributed by atoms with van der Waals surface area (Å²) in [4.78, 5) is 19.1. The van der Waals surface area contributed by atoms with Crippen molar-refractivity contribution in [2.75, 3.05) is 42.1 Å². The number of nitrogens with zero attached hydrogens (tertiary/aromatic N) is 4. The third-order valence-electron chi connectivity index (χ3n) is 7.07. The summed E-state index contributed by atoms with van der Waals surface area (Å²) in [5.74, 6) is 1.27. The van der Waals surface area contributed by atoms with Gasteiger partial charge < -0.3 is 14.2 Å². The van der Waals surface area contributed by atoms with E-state index in [0.29, 0.717) is 38.3 Å². The molecule has 0 saturated carbocycles. The summed E-state index contributed by atoms with van der Waals surface area (Å²) in [5, 5.41) is 2.89. The van der Waals surface area contributed by atoms with Gasteiger partial charge in [-0.15, -0.1) is 0 Å². The number of benzene rings is 2. The number of rotatable bonds is 5. The van der Waals surface area contributed by atoms with Crippen LogP contribution in [0.2, 0.25) is 0 Å². The zero-order chi connectivity index (χ0) is 24.6. The second kappa shape index (κ2) is 8.92. The van der Waals surface area contributed by atoms with Gasteiger partial charge in [-0.3, -0.25) is 9.62 Å². The molecule has 35 heavy (non-hydrogen) atoms. The predicted molar refractivity (Wildman–Crippen MR) is 135 cm³/mol. The maximum Gasteiger partial charge on any atom is 0.323 e. The van der Waals surface area contributed by atoms with E-state index in [0.717, 1.165) is 22.7 Å². The fraction of sp³-hybridized carbons (Fsp3) is 0.360. The number of fused-ring (bicyclic) bond motifs is 2. The monoisotopic (exact) mass is 495 g/mol. The van der Waals surface area contributed by atoms with Gasteiger partial charge in [-0.1, -0.05) is 24.3 Å². The van der Waals surface area contributed by atoms with Crippen LogP contribution in [0.1, 0.15) is 25.3 Å². The molecule has 3 heterocycles. The third-order valence-corrected chi connectivity index (χ3v) is 8.79. The molecule has 1 fully saturated rings. The normalized spacial score (nSPS) is 16.9. The van der Waals surface area contributed by atoms with Crippen LogP contribution < -0.4 is 14.4 Å². The molecule has 2 aliphatic heterocycles. The number of ether oxygens (including phenoxy) is 1. The fourth-order valence-electron chi connectivity index (χ4n) is 5.04. The molecule has 3 aromatic rings. The largest absolute Gasteiger partial charge is 0.497 e. The highest BCUT2D eigenvalue weighted by atomic mass is 32.2. The molecule has 9 nitrogen and oxygen atoms in total. The van der Waals surface area contributed by atoms with Gasteiger partial charge in [-0.2, -0.15) is 0 Å². The number of nitrogens with one attached hydrogen (secondary N) is 1. The first-order chi connectivity index (χ1) is 16.8. The smallest absolute Gasteiger partial charge is 0.323 e. The molecule has 1 saturated heterocycles. The third kappa shape index (κ3) is 4.22. The highest BCUT2D eigenvalue weighted by molar-refractivity contribution is 7.92. The number of aromatic nitrogens is 2. The standard InChI is InChI=1S/C25H29N5O4S/c1-3-35(32,33)30-17-25(21-9-4-5-10-22(21)30)11-13-28(14-12-25)24(31)27-23-16-29(18-26-23)19-7-6-8-20(15-19)34-2/h4-10,15-16,18H,3,11-14,17H2,1-2H3,(H,27,31). The number of hydrogen-bond donors (Lipinski definition) is 1. The van der Waals surface area contributed by atoms with Crippen LogP contribution in [0.15, 0.2) is 61.1 Å². The molecule has 0 aliphatic carbocycles. The van der Waals surface area contributed by atoms with Gasteiger partial charge in [-0.05, 0) is 43.5 Å². The fourth-order valence-corrected chi connectivity index (χ4v) is 6.26. The number of amides is 2. The van der Waals surface area contributed by atoms with E-state index in [-0.39, 0.29) is 17.2 Å². The Morgan fingerprint density at radius 3 is 2.66 bits per heavy atom. The highest BCUT2D eigenvalue weighted by Crippen LogP contribution is 2.48. The number of carbonyl (C=O) groups is 1. The Morgan fingerprint density at radius 1 is 1.14 bits per heavy atom. The summed E-state index contributed by atoms with van der Waals surface area (Å²) in [6.07, 6.45) is 4.81. The van der Waals surface area contributed by atoms with Crippen molar-refractivity contribution >= 4 is 27.6 Å².